The number of nitrogens with zero attached hydrogens (tertiary/aromatic N) is 2. The lowest BCUT2D eigenvalue weighted by atomic mass is 10.1. The summed E-state index contributed by atoms with van der Waals surface area (Å²) in [7, 11) is 0. The zero-order valence-corrected chi connectivity index (χ0v) is 12.5. The summed E-state index contributed by atoms with van der Waals surface area (Å²) in [5.41, 5.74) is 7.46. The molecule has 5 heteroatoms. The van der Waals surface area contributed by atoms with E-state index in [1.54, 1.807) is 0 Å². The molecule has 0 fully saturated rings. The summed E-state index contributed by atoms with van der Waals surface area (Å²) in [6, 6.07) is 14.2. The van der Waals surface area contributed by atoms with Crippen LogP contribution in [-0.4, -0.2) is 9.97 Å². The summed E-state index contributed by atoms with van der Waals surface area (Å²) in [6.07, 6.45) is 0. The standard InChI is InChI=1S/C15H13BrN4/c1-9-6-14(20-15(17)18-9)19-13-5-3-10-7-12(16)4-2-11(10)8-13/h2-8H,1H3,(H3,17,18,19,20). The van der Waals surface area contributed by atoms with Crippen molar-refractivity contribution in [3.63, 3.8) is 0 Å². The molecule has 0 bridgehead atoms. The molecule has 1 heterocycles. The number of aryl methyl sites for hydroxylation is 1. The van der Waals surface area contributed by atoms with Gasteiger partial charge in [-0.1, -0.05) is 28.1 Å². The van der Waals surface area contributed by atoms with Gasteiger partial charge in [0.15, 0.2) is 0 Å². The number of nitrogen functional groups attached to an aromatic ring is 1. The Balaban J connectivity index is 1.96. The maximum absolute atomic E-state index is 5.65. The Morgan fingerprint density at radius 2 is 1.75 bits per heavy atom. The fourth-order valence-electron chi connectivity index (χ4n) is 2.10. The molecule has 3 N–H and O–H groups in total. The van der Waals surface area contributed by atoms with Gasteiger partial charge in [0.1, 0.15) is 5.82 Å². The zero-order valence-electron chi connectivity index (χ0n) is 10.9. The fraction of sp³-hybridized carbons (Fsp3) is 0.0667. The highest BCUT2D eigenvalue weighted by Crippen LogP contribution is 2.24. The number of hydrogen-bond acceptors (Lipinski definition) is 4. The molecule has 0 spiro atoms. The van der Waals surface area contributed by atoms with Crippen molar-refractivity contribution in [2.24, 2.45) is 0 Å². The van der Waals surface area contributed by atoms with Gasteiger partial charge in [0.05, 0.1) is 0 Å². The molecule has 0 unspecified atom stereocenters. The molecule has 0 saturated heterocycles. The molecule has 0 radical (unpaired) electrons. The summed E-state index contributed by atoms with van der Waals surface area (Å²) in [4.78, 5) is 8.23. The van der Waals surface area contributed by atoms with Gasteiger partial charge in [-0.3, -0.25) is 0 Å². The van der Waals surface area contributed by atoms with Crippen molar-refractivity contribution < 1.29 is 0 Å². The second kappa shape index (κ2) is 5.09. The number of hydrogen-bond donors (Lipinski definition) is 2. The molecule has 0 atom stereocenters. The Hall–Kier alpha value is -2.14. The van der Waals surface area contributed by atoms with Gasteiger partial charge in [-0.2, -0.15) is 4.98 Å². The first-order valence-electron chi connectivity index (χ1n) is 6.18. The van der Waals surface area contributed by atoms with Crippen LogP contribution in [0.4, 0.5) is 17.5 Å². The highest BCUT2D eigenvalue weighted by atomic mass is 79.9. The highest BCUT2D eigenvalue weighted by Gasteiger charge is 2.02. The molecule has 100 valence electrons. The number of anilines is 3. The van der Waals surface area contributed by atoms with Crippen LogP contribution in [0, 0.1) is 6.92 Å². The van der Waals surface area contributed by atoms with Crippen LogP contribution in [0.1, 0.15) is 5.69 Å². The minimum absolute atomic E-state index is 0.275. The predicted octanol–water partition coefficient (Wildman–Crippen LogP) is 4.03. The number of nitrogens with two attached hydrogens (primary N) is 1. The Labute approximate surface area is 125 Å². The molecule has 0 aliphatic heterocycles. The molecule has 0 saturated carbocycles. The van der Waals surface area contributed by atoms with Crippen molar-refractivity contribution in [3.05, 3.63) is 52.6 Å². The third kappa shape index (κ3) is 2.72. The lowest BCUT2D eigenvalue weighted by molar-refractivity contribution is 1.12. The van der Waals surface area contributed by atoms with Crippen molar-refractivity contribution in [3.8, 4) is 0 Å². The van der Waals surface area contributed by atoms with Gasteiger partial charge in [-0.15, -0.1) is 0 Å². The summed E-state index contributed by atoms with van der Waals surface area (Å²) < 4.78 is 1.07. The summed E-state index contributed by atoms with van der Waals surface area (Å²) in [5.74, 6) is 0.976. The van der Waals surface area contributed by atoms with Gasteiger partial charge in [0.25, 0.3) is 0 Å². The van der Waals surface area contributed by atoms with Crippen LogP contribution >= 0.6 is 15.9 Å². The lowest BCUT2D eigenvalue weighted by Gasteiger charge is -2.08. The van der Waals surface area contributed by atoms with Crippen LogP contribution in [0.2, 0.25) is 0 Å². The van der Waals surface area contributed by atoms with E-state index < -0.39 is 0 Å². The molecule has 3 aromatic rings. The van der Waals surface area contributed by atoms with Gasteiger partial charge in [0, 0.05) is 21.9 Å². The maximum atomic E-state index is 5.65. The van der Waals surface area contributed by atoms with E-state index in [1.165, 1.54) is 5.39 Å². The van der Waals surface area contributed by atoms with Gasteiger partial charge in [0.2, 0.25) is 5.95 Å². The Morgan fingerprint density at radius 1 is 1.00 bits per heavy atom. The number of rotatable bonds is 2. The quantitative estimate of drug-likeness (QED) is 0.745. The smallest absolute Gasteiger partial charge is 0.222 e. The van der Waals surface area contributed by atoms with E-state index in [9.17, 15) is 0 Å². The fourth-order valence-corrected chi connectivity index (χ4v) is 2.48. The second-order valence-electron chi connectivity index (χ2n) is 4.58. The molecule has 4 nitrogen and oxygen atoms in total. The van der Waals surface area contributed by atoms with Crippen LogP contribution in [0.5, 0.6) is 0 Å². The van der Waals surface area contributed by atoms with E-state index in [0.29, 0.717) is 5.82 Å². The van der Waals surface area contributed by atoms with Crippen LogP contribution < -0.4 is 11.1 Å². The number of halogens is 1. The van der Waals surface area contributed by atoms with Crippen molar-refractivity contribution in [2.75, 3.05) is 11.1 Å². The monoisotopic (exact) mass is 328 g/mol. The first-order valence-corrected chi connectivity index (χ1v) is 6.97. The number of nitrogens with one attached hydrogen (secondary N) is 1. The van der Waals surface area contributed by atoms with Crippen LogP contribution in [0.15, 0.2) is 46.9 Å². The number of fused-ring (bicyclic) bond motifs is 1. The third-order valence-electron chi connectivity index (χ3n) is 2.95. The molecule has 0 aliphatic carbocycles. The summed E-state index contributed by atoms with van der Waals surface area (Å²) >= 11 is 3.47. The summed E-state index contributed by atoms with van der Waals surface area (Å²) in [5, 5.41) is 5.60. The first kappa shape index (κ1) is 12.9. The Bertz CT molecular complexity index is 766. The van der Waals surface area contributed by atoms with E-state index in [-0.39, 0.29) is 5.95 Å². The van der Waals surface area contributed by atoms with Crippen molar-refractivity contribution in [1.82, 2.24) is 9.97 Å². The van der Waals surface area contributed by atoms with Crippen molar-refractivity contribution in [1.29, 1.82) is 0 Å². The molecule has 2 aromatic carbocycles. The van der Waals surface area contributed by atoms with E-state index in [0.717, 1.165) is 21.2 Å². The van der Waals surface area contributed by atoms with Gasteiger partial charge >= 0.3 is 0 Å². The first-order chi connectivity index (χ1) is 9.60. The third-order valence-corrected chi connectivity index (χ3v) is 3.44. The van der Waals surface area contributed by atoms with Gasteiger partial charge in [-0.05, 0) is 42.0 Å². The normalized spacial score (nSPS) is 10.7. The van der Waals surface area contributed by atoms with E-state index >= 15 is 0 Å². The summed E-state index contributed by atoms with van der Waals surface area (Å²) in [6.45, 7) is 1.89. The van der Waals surface area contributed by atoms with Gasteiger partial charge in [-0.25, -0.2) is 4.98 Å². The van der Waals surface area contributed by atoms with Crippen molar-refractivity contribution in [2.45, 2.75) is 6.92 Å². The molecular weight excluding hydrogens is 316 g/mol. The topological polar surface area (TPSA) is 63.8 Å². The number of aromatic nitrogens is 2. The Morgan fingerprint density at radius 3 is 2.55 bits per heavy atom. The van der Waals surface area contributed by atoms with E-state index in [2.05, 4.69) is 55.5 Å². The molecular formula is C15H13BrN4. The van der Waals surface area contributed by atoms with Crippen LogP contribution in [-0.2, 0) is 0 Å². The molecule has 1 aromatic heterocycles. The molecule has 0 aliphatic rings. The van der Waals surface area contributed by atoms with E-state index in [1.807, 2.05) is 25.1 Å². The minimum Gasteiger partial charge on any atom is -0.368 e. The molecule has 3 rings (SSSR count). The zero-order chi connectivity index (χ0) is 14.1. The van der Waals surface area contributed by atoms with Crippen molar-refractivity contribution >= 4 is 44.2 Å². The van der Waals surface area contributed by atoms with Gasteiger partial charge < -0.3 is 11.1 Å². The van der Waals surface area contributed by atoms with Crippen LogP contribution in [0.3, 0.4) is 0 Å². The maximum Gasteiger partial charge on any atom is 0.222 e. The minimum atomic E-state index is 0.275. The van der Waals surface area contributed by atoms with Crippen LogP contribution in [0.25, 0.3) is 10.8 Å². The highest BCUT2D eigenvalue weighted by molar-refractivity contribution is 9.10. The average Bonchev–Trinajstić information content (AvgIpc) is 2.38. The van der Waals surface area contributed by atoms with E-state index in [4.69, 9.17) is 5.73 Å². The lowest BCUT2D eigenvalue weighted by Crippen LogP contribution is -2.01. The largest absolute Gasteiger partial charge is 0.368 e. The number of benzene rings is 2. The Kier molecular flexibility index (Phi) is 3.28. The average molecular weight is 329 g/mol. The molecule has 0 amide bonds. The SMILES string of the molecule is Cc1cc(Nc2ccc3cc(Br)ccc3c2)nc(N)n1. The second-order valence-corrected chi connectivity index (χ2v) is 5.50. The predicted molar refractivity (Wildman–Crippen MR) is 86.1 cm³/mol. The molecule has 20 heavy (non-hydrogen) atoms.